The third-order valence-corrected chi connectivity index (χ3v) is 8.87. The zero-order chi connectivity index (χ0) is 36.8. The normalized spacial score (nSPS) is 16.3. The Morgan fingerprint density at radius 1 is 1.14 bits per heavy atom. The molecule has 1 aliphatic heterocycles. The molecule has 1 aliphatic rings. The Morgan fingerprint density at radius 3 is 2.44 bits per heavy atom. The molecule has 0 radical (unpaired) electrons. The summed E-state index contributed by atoms with van der Waals surface area (Å²) in [5, 5.41) is 14.3. The lowest BCUT2D eigenvalue weighted by atomic mass is 9.85. The van der Waals surface area contributed by atoms with Gasteiger partial charge in [0.05, 0.1) is 24.1 Å². The van der Waals surface area contributed by atoms with E-state index in [9.17, 15) is 46.8 Å². The Labute approximate surface area is 287 Å². The molecule has 0 bridgehead atoms. The highest BCUT2D eigenvalue weighted by molar-refractivity contribution is 7.84. The van der Waals surface area contributed by atoms with Crippen LogP contribution in [0.1, 0.15) is 54.9 Å². The van der Waals surface area contributed by atoms with Gasteiger partial charge in [0.25, 0.3) is 0 Å². The highest BCUT2D eigenvalue weighted by Gasteiger charge is 2.54. The minimum absolute atomic E-state index is 0.0229. The number of nitrogens with two attached hydrogens (primary N) is 1. The smallest absolute Gasteiger partial charge is 0.362 e. The van der Waals surface area contributed by atoms with Crippen LogP contribution in [-0.2, 0) is 45.7 Å². The number of nitrogens with one attached hydrogen (secondary N) is 1. The molecule has 2 atom stereocenters. The number of hydrogen-bond donors (Lipinski definition) is 4. The van der Waals surface area contributed by atoms with E-state index in [1.165, 1.54) is 11.6 Å². The van der Waals surface area contributed by atoms with E-state index in [4.69, 9.17) is 20.0 Å². The number of ether oxygens (including phenoxy) is 2. The van der Waals surface area contributed by atoms with E-state index in [-0.39, 0.29) is 33.2 Å². The van der Waals surface area contributed by atoms with E-state index in [1.54, 1.807) is 0 Å². The molecule has 5 N–H and O–H groups in total. The fourth-order valence-electron chi connectivity index (χ4n) is 4.47. The number of anilines is 1. The van der Waals surface area contributed by atoms with Crippen LogP contribution in [0.4, 0.5) is 5.13 Å². The topological polar surface area (TPSA) is 275 Å². The van der Waals surface area contributed by atoms with Crippen molar-refractivity contribution in [1.82, 2.24) is 14.3 Å². The van der Waals surface area contributed by atoms with Gasteiger partial charge < -0.3 is 30.1 Å². The fourth-order valence-corrected chi connectivity index (χ4v) is 5.93. The number of carbonyl (C=O) groups excluding carboxylic acids is 4. The molecule has 0 saturated carbocycles. The Morgan fingerprint density at radius 2 is 1.84 bits per heavy atom. The number of hydrogen-bond acceptors (Lipinski definition) is 15. The fraction of sp³-hybridized carbons (Fsp3) is 0.333. The molecule has 50 heavy (non-hydrogen) atoms. The maximum Gasteiger partial charge on any atom is 0.362 e. The molecule has 266 valence electrons. The quantitative estimate of drug-likeness (QED) is 0.0381. The number of nitrogen functional groups attached to an aromatic ring is 1. The van der Waals surface area contributed by atoms with E-state index in [1.807, 2.05) is 30.3 Å². The number of carboxylic acid groups (broad SMARTS) is 1. The number of thiazole rings is 1. The lowest BCUT2D eigenvalue weighted by molar-refractivity contribution is -0.161. The number of aromatic amines is 1. The van der Waals surface area contributed by atoms with Crippen molar-refractivity contribution < 1.29 is 56.4 Å². The van der Waals surface area contributed by atoms with E-state index in [2.05, 4.69) is 15.1 Å². The molecule has 20 heteroatoms. The van der Waals surface area contributed by atoms with Gasteiger partial charge in [0.1, 0.15) is 18.9 Å². The van der Waals surface area contributed by atoms with Gasteiger partial charge in [-0.25, -0.2) is 14.1 Å². The summed E-state index contributed by atoms with van der Waals surface area (Å²) in [7, 11) is -5.14. The summed E-state index contributed by atoms with van der Waals surface area (Å²) in [5.41, 5.74) is 3.27. The standard InChI is InChI=1S/C30H31N5O13S2/c1-30(2,28(41)42)48-34-26(19-15-49-29(31)33-19)23(38)10-17-20(35(27(17)40)50(43,44)45)14-47-25(39)9-8-21(36)18-11-22(37)24(12-32-18)46-13-16-6-4-3-5-7-16/h3-7,11-12,15,17,20H,8-10,13-14H2,1-2H3,(H2,31,33)(H,32,37)(H,41,42)(H,43,44,45)/b34-26-/t17-,20+/m0/s1. The van der Waals surface area contributed by atoms with Crippen molar-refractivity contribution >= 4 is 61.9 Å². The summed E-state index contributed by atoms with van der Waals surface area (Å²) in [6.45, 7) is 1.64. The van der Waals surface area contributed by atoms with Crippen LogP contribution >= 0.6 is 11.3 Å². The summed E-state index contributed by atoms with van der Waals surface area (Å²) in [6.07, 6.45) is -0.455. The van der Waals surface area contributed by atoms with Gasteiger partial charge in [0.15, 0.2) is 28.2 Å². The van der Waals surface area contributed by atoms with Gasteiger partial charge in [-0.05, 0) is 19.4 Å². The van der Waals surface area contributed by atoms with Gasteiger partial charge in [-0.15, -0.1) is 11.3 Å². The predicted molar refractivity (Wildman–Crippen MR) is 174 cm³/mol. The number of nitrogens with zero attached hydrogens (tertiary/aromatic N) is 3. The summed E-state index contributed by atoms with van der Waals surface area (Å²) < 4.78 is 44.0. The second-order valence-electron chi connectivity index (χ2n) is 11.3. The largest absolute Gasteiger partial charge is 0.483 e. The minimum atomic E-state index is -5.14. The Kier molecular flexibility index (Phi) is 11.5. The Hall–Kier alpha value is -5.47. The third-order valence-electron chi connectivity index (χ3n) is 7.25. The Bertz CT molecular complexity index is 1990. The van der Waals surface area contributed by atoms with Crippen molar-refractivity contribution in [3.63, 3.8) is 0 Å². The number of β-lactam (4-membered cyclic amide) rings is 1. The summed E-state index contributed by atoms with van der Waals surface area (Å²) >= 11 is 0.922. The number of rotatable bonds is 17. The van der Waals surface area contributed by atoms with Gasteiger partial charge in [-0.1, -0.05) is 35.5 Å². The average molecular weight is 734 g/mol. The van der Waals surface area contributed by atoms with Gasteiger partial charge in [-0.3, -0.25) is 28.5 Å². The van der Waals surface area contributed by atoms with Crippen LogP contribution < -0.4 is 15.9 Å². The first-order chi connectivity index (χ1) is 23.5. The highest BCUT2D eigenvalue weighted by Crippen LogP contribution is 2.33. The van der Waals surface area contributed by atoms with Crippen LogP contribution in [0.15, 0.2) is 57.9 Å². The molecule has 18 nitrogen and oxygen atoms in total. The molecule has 3 heterocycles. The molecular weight excluding hydrogens is 702 g/mol. The predicted octanol–water partition coefficient (Wildman–Crippen LogP) is 1.37. The van der Waals surface area contributed by atoms with Crippen molar-refractivity contribution in [2.75, 3.05) is 12.3 Å². The van der Waals surface area contributed by atoms with E-state index >= 15 is 0 Å². The molecule has 1 fully saturated rings. The van der Waals surface area contributed by atoms with Gasteiger partial charge in [0.2, 0.25) is 16.9 Å². The molecule has 1 saturated heterocycles. The number of ketones is 2. The van der Waals surface area contributed by atoms with Crippen LogP contribution in [0.2, 0.25) is 0 Å². The summed E-state index contributed by atoms with van der Waals surface area (Å²) in [5.74, 6) is -6.63. The number of Topliss-reactive ketones (excluding diaryl/α,β-unsaturated/α-hetero) is 2. The molecule has 4 rings (SSSR count). The number of carboxylic acids is 1. The van der Waals surface area contributed by atoms with E-state index in [0.717, 1.165) is 36.8 Å². The zero-order valence-electron chi connectivity index (χ0n) is 26.4. The second-order valence-corrected chi connectivity index (χ2v) is 13.5. The zero-order valence-corrected chi connectivity index (χ0v) is 28.1. The van der Waals surface area contributed by atoms with Gasteiger partial charge in [0, 0.05) is 30.5 Å². The number of esters is 1. The number of benzene rings is 1. The molecule has 1 aromatic carbocycles. The highest BCUT2D eigenvalue weighted by atomic mass is 32.2. The molecule has 2 aromatic heterocycles. The number of oxime groups is 1. The van der Waals surface area contributed by atoms with Crippen molar-refractivity contribution in [2.24, 2.45) is 11.1 Å². The van der Waals surface area contributed by atoms with E-state index in [0.29, 0.717) is 0 Å². The van der Waals surface area contributed by atoms with Crippen LogP contribution in [0.5, 0.6) is 5.75 Å². The van der Waals surface area contributed by atoms with Crippen molar-refractivity contribution in [1.29, 1.82) is 0 Å². The molecule has 3 aromatic rings. The van der Waals surface area contributed by atoms with E-state index < -0.39 is 94.3 Å². The summed E-state index contributed by atoms with van der Waals surface area (Å²) in [6, 6.07) is 8.55. The van der Waals surface area contributed by atoms with Crippen molar-refractivity contribution in [2.45, 2.75) is 51.4 Å². The molecule has 0 spiro atoms. The first-order valence-corrected chi connectivity index (χ1v) is 16.9. The summed E-state index contributed by atoms with van der Waals surface area (Å²) in [4.78, 5) is 86.7. The van der Waals surface area contributed by atoms with Crippen molar-refractivity contribution in [3.05, 3.63) is 75.1 Å². The maximum absolute atomic E-state index is 13.3. The second kappa shape index (κ2) is 15.4. The molecule has 1 amide bonds. The average Bonchev–Trinajstić information content (AvgIpc) is 3.48. The number of aliphatic carboxylic acids is 1. The minimum Gasteiger partial charge on any atom is -0.483 e. The number of aromatic nitrogens is 2. The number of amides is 1. The lowest BCUT2D eigenvalue weighted by Crippen LogP contribution is -2.65. The Balaban J connectivity index is 1.38. The SMILES string of the molecule is CC(C)(O/N=C(\C(=O)C[C@@H]1C(=O)N(S(=O)(=O)O)[C@@H]1COC(=O)CCC(=O)c1cc(=O)c(OCc2ccccc2)c[nH]1)c1csc(N)n1)C(=O)O. The maximum atomic E-state index is 13.3. The van der Waals surface area contributed by atoms with Crippen LogP contribution in [-0.4, -0.2) is 85.7 Å². The monoisotopic (exact) mass is 733 g/mol. The number of H-pyrrole nitrogens is 1. The number of carbonyl (C=O) groups is 5. The van der Waals surface area contributed by atoms with Crippen LogP contribution in [0.3, 0.4) is 0 Å². The van der Waals surface area contributed by atoms with Crippen molar-refractivity contribution in [3.8, 4) is 5.75 Å². The lowest BCUT2D eigenvalue weighted by Gasteiger charge is -2.43. The molecule has 0 unspecified atom stereocenters. The van der Waals surface area contributed by atoms with Gasteiger partial charge >= 0.3 is 22.2 Å². The third kappa shape index (κ3) is 9.15. The first kappa shape index (κ1) is 37.4. The number of pyridine rings is 1. The van der Waals surface area contributed by atoms with Crippen LogP contribution in [0.25, 0.3) is 0 Å². The first-order valence-electron chi connectivity index (χ1n) is 14.6. The molecule has 0 aliphatic carbocycles. The van der Waals surface area contributed by atoms with Gasteiger partial charge in [-0.2, -0.15) is 8.42 Å². The van der Waals surface area contributed by atoms with Crippen LogP contribution in [0, 0.1) is 5.92 Å². The molecular formula is C30H31N5O13S2.